The van der Waals surface area contributed by atoms with E-state index in [0.717, 1.165) is 24.6 Å². The lowest BCUT2D eigenvalue weighted by molar-refractivity contribution is -0.380. The summed E-state index contributed by atoms with van der Waals surface area (Å²) in [6, 6.07) is 1.66. The highest BCUT2D eigenvalue weighted by Crippen LogP contribution is 2.23. The summed E-state index contributed by atoms with van der Waals surface area (Å²) in [4.78, 5) is 10.2. The molecule has 17 heavy (non-hydrogen) atoms. The van der Waals surface area contributed by atoms with Gasteiger partial charge in [-0.2, -0.15) is 11.8 Å². The minimum absolute atomic E-state index is 0.232. The van der Waals surface area contributed by atoms with Crippen LogP contribution in [0.1, 0.15) is 18.4 Å². The van der Waals surface area contributed by atoms with Crippen LogP contribution in [0.5, 0.6) is 0 Å². The van der Waals surface area contributed by atoms with Crippen molar-refractivity contribution in [1.82, 2.24) is 5.32 Å². The van der Waals surface area contributed by atoms with Crippen LogP contribution >= 0.6 is 23.1 Å². The second kappa shape index (κ2) is 6.37. The molecule has 1 N–H and O–H groups in total. The van der Waals surface area contributed by atoms with Gasteiger partial charge < -0.3 is 5.32 Å². The first-order valence-electron chi connectivity index (χ1n) is 5.76. The van der Waals surface area contributed by atoms with E-state index in [0.29, 0.717) is 0 Å². The fourth-order valence-corrected chi connectivity index (χ4v) is 3.86. The summed E-state index contributed by atoms with van der Waals surface area (Å²) in [5.74, 6) is 3.33. The van der Waals surface area contributed by atoms with Gasteiger partial charge in [-0.05, 0) is 42.4 Å². The third kappa shape index (κ3) is 3.97. The minimum atomic E-state index is -0.327. The Balaban J connectivity index is 1.71. The van der Waals surface area contributed by atoms with Gasteiger partial charge in [0.25, 0.3) is 0 Å². The Labute approximate surface area is 109 Å². The van der Waals surface area contributed by atoms with Crippen molar-refractivity contribution >= 4 is 28.1 Å². The van der Waals surface area contributed by atoms with Crippen molar-refractivity contribution in [3.63, 3.8) is 0 Å². The SMILES string of the molecule is O=[N+]([O-])c1cc(CNCC2CCSCC2)cs1. The van der Waals surface area contributed by atoms with Crippen LogP contribution in [0.2, 0.25) is 0 Å². The average molecular weight is 272 g/mol. The molecule has 1 aliphatic heterocycles. The molecule has 0 amide bonds. The number of thioether (sulfide) groups is 1. The van der Waals surface area contributed by atoms with Crippen LogP contribution in [0.25, 0.3) is 0 Å². The molecule has 0 spiro atoms. The normalized spacial score (nSPS) is 17.2. The van der Waals surface area contributed by atoms with Gasteiger partial charge in [0.2, 0.25) is 0 Å². The van der Waals surface area contributed by atoms with Crippen molar-refractivity contribution in [2.75, 3.05) is 18.1 Å². The molecule has 0 radical (unpaired) electrons. The Morgan fingerprint density at radius 1 is 1.47 bits per heavy atom. The lowest BCUT2D eigenvalue weighted by Gasteiger charge is -2.21. The van der Waals surface area contributed by atoms with Crippen LogP contribution in [0.4, 0.5) is 5.00 Å². The summed E-state index contributed by atoms with van der Waals surface area (Å²) in [7, 11) is 0. The van der Waals surface area contributed by atoms with E-state index in [9.17, 15) is 10.1 Å². The van der Waals surface area contributed by atoms with E-state index in [-0.39, 0.29) is 9.92 Å². The molecule has 4 nitrogen and oxygen atoms in total. The van der Waals surface area contributed by atoms with Gasteiger partial charge in [-0.3, -0.25) is 10.1 Å². The Bertz CT molecular complexity index is 375. The predicted octanol–water partition coefficient (Wildman–Crippen LogP) is 2.89. The van der Waals surface area contributed by atoms with E-state index in [4.69, 9.17) is 0 Å². The van der Waals surface area contributed by atoms with E-state index in [1.54, 1.807) is 6.07 Å². The Morgan fingerprint density at radius 3 is 2.88 bits per heavy atom. The van der Waals surface area contributed by atoms with Crippen molar-refractivity contribution in [1.29, 1.82) is 0 Å². The molecule has 6 heteroatoms. The molecular formula is C11H16N2O2S2. The van der Waals surface area contributed by atoms with Crippen molar-refractivity contribution < 1.29 is 4.92 Å². The maximum atomic E-state index is 10.5. The molecule has 1 aromatic heterocycles. The average Bonchev–Trinajstić information content (AvgIpc) is 2.79. The predicted molar refractivity (Wildman–Crippen MR) is 72.7 cm³/mol. The third-order valence-electron chi connectivity index (χ3n) is 2.92. The maximum absolute atomic E-state index is 10.5. The quantitative estimate of drug-likeness (QED) is 0.661. The summed E-state index contributed by atoms with van der Waals surface area (Å²) in [5.41, 5.74) is 1.02. The summed E-state index contributed by atoms with van der Waals surface area (Å²) < 4.78 is 0. The molecule has 94 valence electrons. The summed E-state index contributed by atoms with van der Waals surface area (Å²) >= 11 is 3.24. The zero-order valence-corrected chi connectivity index (χ0v) is 11.2. The van der Waals surface area contributed by atoms with Crippen LogP contribution in [0.3, 0.4) is 0 Å². The van der Waals surface area contributed by atoms with Crippen LogP contribution in [-0.2, 0) is 6.54 Å². The van der Waals surface area contributed by atoms with Gasteiger partial charge in [-0.1, -0.05) is 11.3 Å². The summed E-state index contributed by atoms with van der Waals surface area (Å²) in [6.45, 7) is 1.78. The minimum Gasteiger partial charge on any atom is -0.312 e. The number of hydrogen-bond donors (Lipinski definition) is 1. The number of nitro groups is 1. The molecule has 0 atom stereocenters. The highest BCUT2D eigenvalue weighted by molar-refractivity contribution is 7.99. The monoisotopic (exact) mass is 272 g/mol. The Kier molecular flexibility index (Phi) is 4.82. The first-order chi connectivity index (χ1) is 8.25. The molecule has 1 saturated heterocycles. The van der Waals surface area contributed by atoms with Crippen LogP contribution < -0.4 is 5.32 Å². The number of hydrogen-bond acceptors (Lipinski definition) is 5. The third-order valence-corrected chi connectivity index (χ3v) is 4.90. The van der Waals surface area contributed by atoms with Gasteiger partial charge >= 0.3 is 5.00 Å². The van der Waals surface area contributed by atoms with Crippen LogP contribution in [-0.4, -0.2) is 23.0 Å². The molecule has 0 aromatic carbocycles. The lowest BCUT2D eigenvalue weighted by Crippen LogP contribution is -2.25. The van der Waals surface area contributed by atoms with E-state index in [2.05, 4.69) is 5.32 Å². The number of nitrogens with zero attached hydrogens (tertiary/aromatic N) is 1. The Morgan fingerprint density at radius 2 is 2.24 bits per heavy atom. The fourth-order valence-electron chi connectivity index (χ4n) is 1.92. The highest BCUT2D eigenvalue weighted by Gasteiger charge is 2.13. The molecule has 2 rings (SSSR count). The van der Waals surface area contributed by atoms with E-state index in [1.165, 1.54) is 35.7 Å². The Hall–Kier alpha value is -0.590. The number of thiophene rings is 1. The van der Waals surface area contributed by atoms with E-state index >= 15 is 0 Å². The zero-order chi connectivity index (χ0) is 12.1. The molecule has 0 saturated carbocycles. The second-order valence-electron chi connectivity index (χ2n) is 4.24. The smallest absolute Gasteiger partial charge is 0.312 e. The first-order valence-corrected chi connectivity index (χ1v) is 7.79. The molecule has 0 bridgehead atoms. The maximum Gasteiger partial charge on any atom is 0.324 e. The van der Waals surface area contributed by atoms with Gasteiger partial charge in [0, 0.05) is 18.0 Å². The van der Waals surface area contributed by atoms with Crippen molar-refractivity contribution in [2.45, 2.75) is 19.4 Å². The van der Waals surface area contributed by atoms with E-state index < -0.39 is 0 Å². The molecule has 2 heterocycles. The van der Waals surface area contributed by atoms with Crippen molar-refractivity contribution in [2.24, 2.45) is 5.92 Å². The highest BCUT2D eigenvalue weighted by atomic mass is 32.2. The molecule has 1 aliphatic rings. The fraction of sp³-hybridized carbons (Fsp3) is 0.636. The van der Waals surface area contributed by atoms with Crippen LogP contribution in [0.15, 0.2) is 11.4 Å². The molecule has 0 aliphatic carbocycles. The molecule has 0 unspecified atom stereocenters. The van der Waals surface area contributed by atoms with Gasteiger partial charge in [0.05, 0.1) is 4.92 Å². The summed E-state index contributed by atoms with van der Waals surface area (Å²) in [6.07, 6.45) is 2.59. The van der Waals surface area contributed by atoms with Crippen LogP contribution in [0, 0.1) is 16.0 Å². The van der Waals surface area contributed by atoms with Gasteiger partial charge in [-0.15, -0.1) is 0 Å². The molecule has 1 aromatic rings. The first kappa shape index (κ1) is 12.9. The topological polar surface area (TPSA) is 55.2 Å². The largest absolute Gasteiger partial charge is 0.324 e. The lowest BCUT2D eigenvalue weighted by atomic mass is 10.0. The summed E-state index contributed by atoms with van der Waals surface area (Å²) in [5, 5.41) is 16.0. The van der Waals surface area contributed by atoms with Crippen molar-refractivity contribution in [3.05, 3.63) is 27.1 Å². The van der Waals surface area contributed by atoms with Gasteiger partial charge in [-0.25, -0.2) is 0 Å². The number of nitrogens with one attached hydrogen (secondary N) is 1. The molecular weight excluding hydrogens is 256 g/mol. The van der Waals surface area contributed by atoms with Gasteiger partial charge in [0.15, 0.2) is 0 Å². The molecule has 1 fully saturated rings. The standard InChI is InChI=1S/C11H16N2O2S2/c14-13(15)11-5-10(8-17-11)7-12-6-9-1-3-16-4-2-9/h5,8-9,12H,1-4,6-7H2. The second-order valence-corrected chi connectivity index (χ2v) is 6.35. The van der Waals surface area contributed by atoms with E-state index in [1.807, 2.05) is 17.1 Å². The number of rotatable bonds is 5. The van der Waals surface area contributed by atoms with Crippen molar-refractivity contribution in [3.8, 4) is 0 Å². The zero-order valence-electron chi connectivity index (χ0n) is 9.55. The van der Waals surface area contributed by atoms with Gasteiger partial charge in [0.1, 0.15) is 0 Å².